The first-order valence-electron chi connectivity index (χ1n) is 9.38. The summed E-state index contributed by atoms with van der Waals surface area (Å²) in [6.45, 7) is 0.207. The number of ether oxygens (including phenoxy) is 2. The lowest BCUT2D eigenvalue weighted by Crippen LogP contribution is -2.17. The number of hydrogen-bond acceptors (Lipinski definition) is 7. The first-order chi connectivity index (χ1) is 15.5. The Morgan fingerprint density at radius 3 is 2.59 bits per heavy atom. The summed E-state index contributed by atoms with van der Waals surface area (Å²) < 4.78 is 11.2. The summed E-state index contributed by atoms with van der Waals surface area (Å²) in [6.07, 6.45) is 1.43. The van der Waals surface area contributed by atoms with Gasteiger partial charge in [-0.15, -0.1) is 0 Å². The molecule has 0 unspecified atom stereocenters. The molecule has 0 aliphatic heterocycles. The average Bonchev–Trinajstić information content (AvgIpc) is 2.83. The molecular weight excluding hydrogens is 412 g/mol. The second kappa shape index (κ2) is 10.4. The van der Waals surface area contributed by atoms with Crippen molar-refractivity contribution in [3.8, 4) is 17.6 Å². The average molecular weight is 430 g/mol. The van der Waals surface area contributed by atoms with Gasteiger partial charge >= 0.3 is 0 Å². The van der Waals surface area contributed by atoms with E-state index in [4.69, 9.17) is 9.47 Å². The topological polar surface area (TPSA) is 127 Å². The minimum Gasteiger partial charge on any atom is -0.493 e. The Kier molecular flexibility index (Phi) is 7.12. The summed E-state index contributed by atoms with van der Waals surface area (Å²) in [4.78, 5) is 22.2. The molecule has 3 aromatic carbocycles. The third-order valence-electron chi connectivity index (χ3n) is 4.43. The number of rotatable bonds is 8. The Labute approximate surface area is 183 Å². The van der Waals surface area contributed by atoms with Crippen molar-refractivity contribution < 1.29 is 19.2 Å². The van der Waals surface area contributed by atoms with Crippen molar-refractivity contribution in [2.45, 2.75) is 6.61 Å². The summed E-state index contributed by atoms with van der Waals surface area (Å²) >= 11 is 0. The van der Waals surface area contributed by atoms with Crippen LogP contribution in [0.15, 0.2) is 71.8 Å². The standard InChI is InChI=1S/C23H18N4O5/c1-31-22-12-16(6-11-21(22)32-15-19-5-3-2-4-18(19)13-24)14-25-26-23(28)17-7-9-20(10-8-17)27(29)30/h2-12,14H,15H2,1H3,(H,26,28)/b25-14-. The highest BCUT2D eigenvalue weighted by atomic mass is 16.6. The molecule has 0 bridgehead atoms. The SMILES string of the molecule is COc1cc(/C=N\NC(=O)c2ccc([N+](=O)[O-])cc2)ccc1OCc1ccccc1C#N. The van der Waals surface area contributed by atoms with Crippen LogP contribution in [0.1, 0.15) is 27.0 Å². The molecule has 0 spiro atoms. The zero-order valence-electron chi connectivity index (χ0n) is 17.0. The third-order valence-corrected chi connectivity index (χ3v) is 4.43. The number of nitriles is 1. The molecule has 0 aromatic heterocycles. The molecule has 3 rings (SSSR count). The van der Waals surface area contributed by atoms with Gasteiger partial charge in [0.15, 0.2) is 11.5 Å². The predicted molar refractivity (Wildman–Crippen MR) is 117 cm³/mol. The van der Waals surface area contributed by atoms with Gasteiger partial charge in [0, 0.05) is 23.3 Å². The van der Waals surface area contributed by atoms with E-state index in [1.54, 1.807) is 30.3 Å². The van der Waals surface area contributed by atoms with Crippen molar-refractivity contribution in [2.75, 3.05) is 7.11 Å². The molecule has 9 heteroatoms. The molecule has 1 N–H and O–H groups in total. The predicted octanol–water partition coefficient (Wildman–Crippen LogP) is 3.82. The summed E-state index contributed by atoms with van der Waals surface area (Å²) in [5, 5.41) is 23.8. The van der Waals surface area contributed by atoms with E-state index in [0.29, 0.717) is 22.6 Å². The Hall–Kier alpha value is -4.71. The van der Waals surface area contributed by atoms with Gasteiger partial charge in [0.1, 0.15) is 6.61 Å². The molecule has 0 fully saturated rings. The van der Waals surface area contributed by atoms with E-state index in [1.807, 2.05) is 12.1 Å². The molecule has 0 heterocycles. The number of carbonyl (C=O) groups is 1. The number of nitro groups is 1. The van der Waals surface area contributed by atoms with E-state index in [2.05, 4.69) is 16.6 Å². The first-order valence-corrected chi connectivity index (χ1v) is 9.38. The number of benzene rings is 3. The van der Waals surface area contributed by atoms with Crippen LogP contribution in [0.4, 0.5) is 5.69 Å². The maximum absolute atomic E-state index is 12.1. The Morgan fingerprint density at radius 2 is 1.91 bits per heavy atom. The highest BCUT2D eigenvalue weighted by Crippen LogP contribution is 2.28. The Balaban J connectivity index is 1.63. The number of nitro benzene ring substituents is 1. The summed E-state index contributed by atoms with van der Waals surface area (Å²) in [5.41, 5.74) is 4.46. The van der Waals surface area contributed by atoms with Gasteiger partial charge in [0.05, 0.1) is 29.9 Å². The van der Waals surface area contributed by atoms with Crippen molar-refractivity contribution in [1.29, 1.82) is 5.26 Å². The van der Waals surface area contributed by atoms with Crippen LogP contribution in [0.3, 0.4) is 0 Å². The van der Waals surface area contributed by atoms with Gasteiger partial charge in [0.25, 0.3) is 11.6 Å². The third kappa shape index (κ3) is 5.46. The number of methoxy groups -OCH3 is 1. The first kappa shape index (κ1) is 22.0. The molecule has 0 aliphatic carbocycles. The lowest BCUT2D eigenvalue weighted by molar-refractivity contribution is -0.384. The number of hydrogen-bond donors (Lipinski definition) is 1. The highest BCUT2D eigenvalue weighted by Gasteiger charge is 2.10. The van der Waals surface area contributed by atoms with E-state index >= 15 is 0 Å². The Morgan fingerprint density at radius 1 is 1.16 bits per heavy atom. The molecule has 3 aromatic rings. The molecule has 1 amide bonds. The molecule has 0 atom stereocenters. The molecule has 32 heavy (non-hydrogen) atoms. The maximum Gasteiger partial charge on any atom is 0.271 e. The number of non-ortho nitro benzene ring substituents is 1. The van der Waals surface area contributed by atoms with E-state index in [-0.39, 0.29) is 17.9 Å². The largest absolute Gasteiger partial charge is 0.493 e. The zero-order valence-corrected chi connectivity index (χ0v) is 17.0. The van der Waals surface area contributed by atoms with Gasteiger partial charge in [-0.2, -0.15) is 10.4 Å². The second-order valence-corrected chi connectivity index (χ2v) is 6.47. The normalized spacial score (nSPS) is 10.4. The molecule has 0 saturated heterocycles. The van der Waals surface area contributed by atoms with Gasteiger partial charge in [-0.05, 0) is 42.0 Å². The van der Waals surface area contributed by atoms with Crippen molar-refractivity contribution in [1.82, 2.24) is 5.43 Å². The molecule has 0 radical (unpaired) electrons. The van der Waals surface area contributed by atoms with Crippen molar-refractivity contribution in [3.05, 3.63) is 99.1 Å². The number of amides is 1. The van der Waals surface area contributed by atoms with Gasteiger partial charge in [-0.3, -0.25) is 14.9 Å². The van der Waals surface area contributed by atoms with Crippen molar-refractivity contribution in [2.24, 2.45) is 5.10 Å². The zero-order chi connectivity index (χ0) is 22.9. The molecule has 9 nitrogen and oxygen atoms in total. The summed E-state index contributed by atoms with van der Waals surface area (Å²) in [7, 11) is 1.50. The molecule has 0 saturated carbocycles. The van der Waals surface area contributed by atoms with Gasteiger partial charge in [-0.25, -0.2) is 5.43 Å². The molecular formula is C23H18N4O5. The van der Waals surface area contributed by atoms with Crippen molar-refractivity contribution in [3.63, 3.8) is 0 Å². The van der Waals surface area contributed by atoms with Crippen LogP contribution in [0.5, 0.6) is 11.5 Å². The van der Waals surface area contributed by atoms with Crippen LogP contribution in [-0.2, 0) is 6.61 Å². The fraction of sp³-hybridized carbons (Fsp3) is 0.0870. The molecule has 0 aliphatic rings. The monoisotopic (exact) mass is 430 g/mol. The Bertz CT molecular complexity index is 1200. The van der Waals surface area contributed by atoms with Crippen LogP contribution in [0, 0.1) is 21.4 Å². The smallest absolute Gasteiger partial charge is 0.271 e. The van der Waals surface area contributed by atoms with E-state index in [1.165, 1.54) is 37.6 Å². The number of hydrazone groups is 1. The van der Waals surface area contributed by atoms with E-state index in [9.17, 15) is 20.2 Å². The quantitative estimate of drug-likeness (QED) is 0.329. The van der Waals surface area contributed by atoms with Crippen LogP contribution < -0.4 is 14.9 Å². The summed E-state index contributed by atoms with van der Waals surface area (Å²) in [6, 6.07) is 19.6. The van der Waals surface area contributed by atoms with Gasteiger partial charge in [0.2, 0.25) is 0 Å². The van der Waals surface area contributed by atoms with Gasteiger partial charge in [-0.1, -0.05) is 18.2 Å². The maximum atomic E-state index is 12.1. The molecule has 160 valence electrons. The van der Waals surface area contributed by atoms with Gasteiger partial charge < -0.3 is 9.47 Å². The van der Waals surface area contributed by atoms with Crippen LogP contribution in [0.25, 0.3) is 0 Å². The lowest BCUT2D eigenvalue weighted by atomic mass is 10.1. The second-order valence-electron chi connectivity index (χ2n) is 6.47. The fourth-order valence-electron chi connectivity index (χ4n) is 2.76. The highest BCUT2D eigenvalue weighted by molar-refractivity contribution is 5.95. The van der Waals surface area contributed by atoms with Crippen molar-refractivity contribution >= 4 is 17.8 Å². The van der Waals surface area contributed by atoms with Crippen LogP contribution >= 0.6 is 0 Å². The van der Waals surface area contributed by atoms with E-state index < -0.39 is 10.8 Å². The van der Waals surface area contributed by atoms with E-state index in [0.717, 1.165) is 5.56 Å². The lowest BCUT2D eigenvalue weighted by Gasteiger charge is -2.12. The van der Waals surface area contributed by atoms with Crippen LogP contribution in [0.2, 0.25) is 0 Å². The minimum atomic E-state index is -0.539. The number of nitrogens with zero attached hydrogens (tertiary/aromatic N) is 3. The minimum absolute atomic E-state index is 0.101. The number of nitrogens with one attached hydrogen (secondary N) is 1. The summed E-state index contributed by atoms with van der Waals surface area (Å²) in [5.74, 6) is 0.455. The van der Waals surface area contributed by atoms with Crippen LogP contribution in [-0.4, -0.2) is 24.2 Å². The number of carbonyl (C=O) groups excluding carboxylic acids is 1. The fourth-order valence-corrected chi connectivity index (χ4v) is 2.76.